The van der Waals surface area contributed by atoms with Gasteiger partial charge in [0, 0.05) is 23.2 Å². The molecule has 1 atom stereocenters. The molecule has 5 aliphatic rings. The molecule has 49 heavy (non-hydrogen) atoms. The van der Waals surface area contributed by atoms with E-state index < -0.39 is 11.3 Å². The molecule has 2 N–H and O–H groups in total. The highest BCUT2D eigenvalue weighted by Crippen LogP contribution is 2.63. The number of benzene rings is 2. The first kappa shape index (κ1) is 28.8. The van der Waals surface area contributed by atoms with E-state index in [2.05, 4.69) is 15.5 Å². The lowest BCUT2D eigenvalue weighted by Gasteiger charge is -2.37. The maximum Gasteiger partial charge on any atom is 0.434 e. The van der Waals surface area contributed by atoms with Crippen molar-refractivity contribution >= 4 is 33.1 Å². The number of fused-ring (bicyclic) bond motifs is 3. The van der Waals surface area contributed by atoms with Crippen molar-refractivity contribution in [2.45, 2.75) is 50.1 Å². The third-order valence-corrected chi connectivity index (χ3v) is 12.0. The summed E-state index contributed by atoms with van der Waals surface area (Å²) in [4.78, 5) is 39.4. The fraction of sp³-hybridized carbons (Fsp3) is 0.270. The van der Waals surface area contributed by atoms with Crippen LogP contribution in [0.2, 0.25) is 0 Å². The Morgan fingerprint density at radius 3 is 2.71 bits per heavy atom. The summed E-state index contributed by atoms with van der Waals surface area (Å²) in [5.41, 5.74) is 5.27. The SMILES string of the molecule is O=C1c2c(nc(CCc3ccc(F)cc3)c(-c3n[nH]c(=O)o3)c2-c2cc3ccnc(N[C@H]4CCc5c(F)cccc54)c3s2)C23CC(CN12)C3. The number of aromatic nitrogens is 4. The van der Waals surface area contributed by atoms with Gasteiger partial charge in [0.25, 0.3) is 11.8 Å². The molecular formula is C37H28F2N6O3S. The second-order valence-electron chi connectivity index (χ2n) is 13.5. The van der Waals surface area contributed by atoms with Gasteiger partial charge in [-0.15, -0.1) is 16.4 Å². The number of thiophene rings is 1. The zero-order valence-corrected chi connectivity index (χ0v) is 26.9. The van der Waals surface area contributed by atoms with Gasteiger partial charge < -0.3 is 14.6 Å². The van der Waals surface area contributed by atoms with Crippen molar-refractivity contribution in [3.05, 3.63) is 117 Å². The number of amides is 1. The maximum atomic E-state index is 14.6. The standard InChI is InChI=1S/C37H28F2N6O3S/c38-21-7-4-18(5-8-21)6-10-26-28(34-43-44-36(47)48-34)29(30-32(41-26)37-15-19(16-37)17-45(37)35(30)46)27-14-20-12-13-40-33(31(20)49-27)42-25-11-9-22-23(25)2-1-3-24(22)39/h1-5,7-8,12-14,19,25H,6,9-11,15-17H2,(H,40,42)(H,44,47)/t19?,25-,37?/m0/s1. The lowest BCUT2D eigenvalue weighted by molar-refractivity contribution is 0.0637. The lowest BCUT2D eigenvalue weighted by atomic mass is 9.71. The number of aromatic amines is 1. The fourth-order valence-electron chi connectivity index (χ4n) is 8.61. The van der Waals surface area contributed by atoms with Gasteiger partial charge in [0.05, 0.1) is 38.8 Å². The van der Waals surface area contributed by atoms with Crippen LogP contribution in [0, 0.1) is 17.6 Å². The van der Waals surface area contributed by atoms with E-state index in [9.17, 15) is 18.4 Å². The van der Waals surface area contributed by atoms with Crippen molar-refractivity contribution < 1.29 is 18.0 Å². The highest BCUT2D eigenvalue weighted by Gasteiger charge is 2.65. The minimum atomic E-state index is -0.710. The van der Waals surface area contributed by atoms with E-state index >= 15 is 0 Å². The highest BCUT2D eigenvalue weighted by molar-refractivity contribution is 7.23. The predicted molar refractivity (Wildman–Crippen MR) is 179 cm³/mol. The van der Waals surface area contributed by atoms with Crippen molar-refractivity contribution in [1.82, 2.24) is 25.1 Å². The minimum Gasteiger partial charge on any atom is -0.388 e. The van der Waals surface area contributed by atoms with Crippen molar-refractivity contribution in [2.75, 3.05) is 11.9 Å². The van der Waals surface area contributed by atoms with Gasteiger partial charge in [-0.1, -0.05) is 24.3 Å². The van der Waals surface area contributed by atoms with Gasteiger partial charge in [-0.3, -0.25) is 9.78 Å². The molecule has 0 radical (unpaired) electrons. The highest BCUT2D eigenvalue weighted by atomic mass is 32.1. The molecule has 1 spiro atoms. The summed E-state index contributed by atoms with van der Waals surface area (Å²) < 4.78 is 34.8. The molecule has 2 aliphatic carbocycles. The summed E-state index contributed by atoms with van der Waals surface area (Å²) in [6.45, 7) is 0.695. The zero-order chi connectivity index (χ0) is 33.0. The van der Waals surface area contributed by atoms with E-state index in [0.717, 1.165) is 56.6 Å². The number of carbonyl (C=O) groups excluding carboxylic acids is 1. The Kier molecular flexibility index (Phi) is 6.09. The average molecular weight is 675 g/mol. The molecule has 3 fully saturated rings. The van der Waals surface area contributed by atoms with Gasteiger partial charge in [-0.05, 0) is 96.9 Å². The molecule has 11 rings (SSSR count). The number of halogens is 2. The lowest BCUT2D eigenvalue weighted by Crippen LogP contribution is -2.40. The van der Waals surface area contributed by atoms with Crippen LogP contribution in [0.4, 0.5) is 14.6 Å². The molecule has 2 saturated heterocycles. The van der Waals surface area contributed by atoms with Crippen LogP contribution in [0.1, 0.15) is 63.7 Å². The predicted octanol–water partition coefficient (Wildman–Crippen LogP) is 6.94. The smallest absolute Gasteiger partial charge is 0.388 e. The monoisotopic (exact) mass is 674 g/mol. The number of nitrogens with zero attached hydrogens (tertiary/aromatic N) is 4. The molecular weight excluding hydrogens is 647 g/mol. The Morgan fingerprint density at radius 1 is 1.04 bits per heavy atom. The van der Waals surface area contributed by atoms with Crippen molar-refractivity contribution in [2.24, 2.45) is 5.92 Å². The van der Waals surface area contributed by atoms with Crippen LogP contribution in [0.25, 0.3) is 32.0 Å². The van der Waals surface area contributed by atoms with Gasteiger partial charge in [0.1, 0.15) is 17.5 Å². The number of rotatable bonds is 7. The Hall–Kier alpha value is -5.23. The van der Waals surface area contributed by atoms with E-state index in [1.54, 1.807) is 24.4 Å². The molecule has 9 nitrogen and oxygen atoms in total. The summed E-state index contributed by atoms with van der Waals surface area (Å²) >= 11 is 1.50. The molecule has 12 heteroatoms. The van der Waals surface area contributed by atoms with Gasteiger partial charge in [0.15, 0.2) is 0 Å². The maximum absolute atomic E-state index is 14.6. The quantitative estimate of drug-likeness (QED) is 0.189. The summed E-state index contributed by atoms with van der Waals surface area (Å²) in [6, 6.07) is 15.5. The molecule has 7 heterocycles. The molecule has 1 amide bonds. The molecule has 2 aromatic carbocycles. The van der Waals surface area contributed by atoms with Crippen LogP contribution in [-0.2, 0) is 24.8 Å². The van der Waals surface area contributed by atoms with Crippen LogP contribution >= 0.6 is 11.3 Å². The summed E-state index contributed by atoms with van der Waals surface area (Å²) in [6.07, 6.45) is 5.89. The van der Waals surface area contributed by atoms with Crippen LogP contribution < -0.4 is 11.1 Å². The number of nitrogens with one attached hydrogen (secondary N) is 2. The van der Waals surface area contributed by atoms with E-state index in [4.69, 9.17) is 14.4 Å². The van der Waals surface area contributed by atoms with Crippen LogP contribution in [0.15, 0.2) is 70.0 Å². The first-order valence-corrected chi connectivity index (χ1v) is 17.3. The molecule has 0 unspecified atom stereocenters. The number of carbonyl (C=O) groups is 1. The van der Waals surface area contributed by atoms with E-state index in [1.165, 1.54) is 29.5 Å². The second kappa shape index (κ2) is 10.4. The number of H-pyrrole nitrogens is 1. The second-order valence-corrected chi connectivity index (χ2v) is 14.6. The molecule has 2 bridgehead atoms. The minimum absolute atomic E-state index is 0.0618. The Labute approximate surface area is 282 Å². The Morgan fingerprint density at radius 2 is 1.90 bits per heavy atom. The summed E-state index contributed by atoms with van der Waals surface area (Å²) in [7, 11) is 0. The van der Waals surface area contributed by atoms with Gasteiger partial charge >= 0.3 is 5.76 Å². The molecule has 6 aromatic rings. The third-order valence-electron chi connectivity index (χ3n) is 10.8. The first-order valence-electron chi connectivity index (χ1n) is 16.5. The van der Waals surface area contributed by atoms with E-state index in [1.807, 2.05) is 23.1 Å². The number of pyridine rings is 2. The molecule has 3 aliphatic heterocycles. The van der Waals surface area contributed by atoms with Crippen molar-refractivity contribution in [3.8, 4) is 21.9 Å². The summed E-state index contributed by atoms with van der Waals surface area (Å²) in [5, 5.41) is 11.2. The first-order chi connectivity index (χ1) is 23.9. The number of anilines is 1. The Bertz CT molecular complexity index is 2410. The van der Waals surface area contributed by atoms with Gasteiger partial charge in [-0.2, -0.15) is 0 Å². The largest absolute Gasteiger partial charge is 0.434 e. The number of hydrogen-bond acceptors (Lipinski definition) is 8. The molecule has 244 valence electrons. The van der Waals surface area contributed by atoms with E-state index in [0.29, 0.717) is 59.9 Å². The Balaban J connectivity index is 1.16. The van der Waals surface area contributed by atoms with Gasteiger partial charge in [-0.25, -0.2) is 23.7 Å². The van der Waals surface area contributed by atoms with Crippen LogP contribution in [-0.4, -0.2) is 37.5 Å². The zero-order valence-electron chi connectivity index (χ0n) is 26.1. The fourth-order valence-corrected chi connectivity index (χ4v) is 9.78. The van der Waals surface area contributed by atoms with Crippen LogP contribution in [0.3, 0.4) is 0 Å². The molecule has 1 saturated carbocycles. The number of aryl methyl sites for hydroxylation is 2. The van der Waals surface area contributed by atoms with Crippen molar-refractivity contribution in [3.63, 3.8) is 0 Å². The number of hydrogen-bond donors (Lipinski definition) is 2. The third kappa shape index (κ3) is 4.22. The average Bonchev–Trinajstić information content (AvgIpc) is 3.93. The molecule has 4 aromatic heterocycles. The van der Waals surface area contributed by atoms with E-state index in [-0.39, 0.29) is 29.5 Å². The topological polar surface area (TPSA) is 117 Å². The summed E-state index contributed by atoms with van der Waals surface area (Å²) in [5.74, 6) is -0.0686. The normalized spacial score (nSPS) is 21.6. The van der Waals surface area contributed by atoms with Crippen LogP contribution in [0.5, 0.6) is 0 Å². The van der Waals surface area contributed by atoms with Gasteiger partial charge in [0.2, 0.25) is 0 Å². The van der Waals surface area contributed by atoms with Crippen molar-refractivity contribution in [1.29, 1.82) is 0 Å².